The summed E-state index contributed by atoms with van der Waals surface area (Å²) >= 11 is 0. The third kappa shape index (κ3) is 1.48. The Kier molecular flexibility index (Phi) is 2.20. The van der Waals surface area contributed by atoms with E-state index in [1.807, 2.05) is 37.6 Å². The van der Waals surface area contributed by atoms with Crippen molar-refractivity contribution in [1.29, 1.82) is 5.26 Å². The molecule has 15 heavy (non-hydrogen) atoms. The molecule has 76 valence electrons. The second kappa shape index (κ2) is 3.39. The third-order valence-electron chi connectivity index (χ3n) is 2.65. The molecule has 0 bridgehead atoms. The second-order valence-electron chi connectivity index (χ2n) is 3.87. The Morgan fingerprint density at radius 1 is 1.47 bits per heavy atom. The standard InChI is InChI=1S/C12H13N3/c1-8-4-5-11-10(6-8)14-12(15(11)3)9(2)7-13/h4-6,9H,1-3H3. The number of aryl methyl sites for hydroxylation is 2. The first-order chi connectivity index (χ1) is 7.13. The van der Waals surface area contributed by atoms with E-state index >= 15 is 0 Å². The summed E-state index contributed by atoms with van der Waals surface area (Å²) in [5.74, 6) is 0.667. The molecule has 0 N–H and O–H groups in total. The van der Waals surface area contributed by atoms with Crippen molar-refractivity contribution >= 4 is 11.0 Å². The molecule has 0 amide bonds. The third-order valence-corrected chi connectivity index (χ3v) is 2.65. The molecule has 0 fully saturated rings. The van der Waals surface area contributed by atoms with Gasteiger partial charge in [0.2, 0.25) is 0 Å². The molecular weight excluding hydrogens is 186 g/mol. The normalized spacial score (nSPS) is 12.7. The number of fused-ring (bicyclic) bond motifs is 1. The summed E-state index contributed by atoms with van der Waals surface area (Å²) in [6, 6.07) is 8.37. The van der Waals surface area contributed by atoms with E-state index in [-0.39, 0.29) is 5.92 Å². The molecule has 1 aromatic carbocycles. The van der Waals surface area contributed by atoms with E-state index in [0.717, 1.165) is 16.9 Å². The van der Waals surface area contributed by atoms with Gasteiger partial charge in [-0.25, -0.2) is 4.98 Å². The minimum atomic E-state index is -0.164. The van der Waals surface area contributed by atoms with Crippen LogP contribution in [-0.2, 0) is 7.05 Å². The molecule has 1 aromatic heterocycles. The second-order valence-corrected chi connectivity index (χ2v) is 3.87. The van der Waals surface area contributed by atoms with Gasteiger partial charge in [-0.2, -0.15) is 5.26 Å². The van der Waals surface area contributed by atoms with Crippen molar-refractivity contribution in [3.8, 4) is 6.07 Å². The summed E-state index contributed by atoms with van der Waals surface area (Å²) in [7, 11) is 1.95. The summed E-state index contributed by atoms with van der Waals surface area (Å²) in [6.45, 7) is 3.91. The zero-order valence-electron chi connectivity index (χ0n) is 9.15. The van der Waals surface area contributed by atoms with Crippen molar-refractivity contribution < 1.29 is 0 Å². The highest BCUT2D eigenvalue weighted by molar-refractivity contribution is 5.77. The van der Waals surface area contributed by atoms with Crippen molar-refractivity contribution in [2.75, 3.05) is 0 Å². The highest BCUT2D eigenvalue weighted by Gasteiger charge is 2.13. The van der Waals surface area contributed by atoms with Gasteiger partial charge in [-0.3, -0.25) is 0 Å². The molecule has 2 rings (SSSR count). The van der Waals surface area contributed by atoms with E-state index in [9.17, 15) is 0 Å². The van der Waals surface area contributed by atoms with Crippen LogP contribution in [-0.4, -0.2) is 9.55 Å². The molecule has 1 atom stereocenters. The largest absolute Gasteiger partial charge is 0.330 e. The van der Waals surface area contributed by atoms with Crippen LogP contribution in [0, 0.1) is 18.3 Å². The lowest BCUT2D eigenvalue weighted by molar-refractivity contribution is 0.778. The summed E-state index contributed by atoms with van der Waals surface area (Å²) in [6.07, 6.45) is 0. The van der Waals surface area contributed by atoms with Crippen LogP contribution in [0.5, 0.6) is 0 Å². The van der Waals surface area contributed by atoms with Crippen LogP contribution in [0.3, 0.4) is 0 Å². The van der Waals surface area contributed by atoms with E-state index in [4.69, 9.17) is 5.26 Å². The van der Waals surface area contributed by atoms with Gasteiger partial charge in [0.25, 0.3) is 0 Å². The van der Waals surface area contributed by atoms with E-state index in [0.29, 0.717) is 0 Å². The van der Waals surface area contributed by atoms with Gasteiger partial charge in [0.05, 0.1) is 17.1 Å². The average molecular weight is 199 g/mol. The summed E-state index contributed by atoms with van der Waals surface area (Å²) < 4.78 is 1.99. The van der Waals surface area contributed by atoms with E-state index in [1.165, 1.54) is 5.56 Å². The monoisotopic (exact) mass is 199 g/mol. The molecule has 0 saturated carbocycles. The van der Waals surface area contributed by atoms with Crippen LogP contribution in [0.25, 0.3) is 11.0 Å². The number of rotatable bonds is 1. The van der Waals surface area contributed by atoms with Crippen LogP contribution in [0.2, 0.25) is 0 Å². The fourth-order valence-corrected chi connectivity index (χ4v) is 1.77. The molecule has 0 aliphatic heterocycles. The van der Waals surface area contributed by atoms with Gasteiger partial charge in [0, 0.05) is 7.05 Å². The highest BCUT2D eigenvalue weighted by atomic mass is 15.1. The van der Waals surface area contributed by atoms with Gasteiger partial charge in [-0.1, -0.05) is 6.07 Å². The lowest BCUT2D eigenvalue weighted by Gasteiger charge is -2.02. The minimum Gasteiger partial charge on any atom is -0.330 e. The Balaban J connectivity index is 2.70. The van der Waals surface area contributed by atoms with Gasteiger partial charge in [-0.15, -0.1) is 0 Å². The molecule has 0 aliphatic carbocycles. The maximum absolute atomic E-state index is 8.89. The number of nitriles is 1. The summed E-state index contributed by atoms with van der Waals surface area (Å²) in [4.78, 5) is 4.48. The Morgan fingerprint density at radius 3 is 2.87 bits per heavy atom. The smallest absolute Gasteiger partial charge is 0.126 e. The highest BCUT2D eigenvalue weighted by Crippen LogP contribution is 2.21. The number of hydrogen-bond acceptors (Lipinski definition) is 2. The predicted molar refractivity (Wildman–Crippen MR) is 59.5 cm³/mol. The molecule has 0 radical (unpaired) electrons. The molecule has 2 aromatic rings. The first-order valence-electron chi connectivity index (χ1n) is 4.96. The SMILES string of the molecule is Cc1ccc2c(c1)nc(C(C)C#N)n2C. The molecule has 3 heteroatoms. The quantitative estimate of drug-likeness (QED) is 0.708. The summed E-state index contributed by atoms with van der Waals surface area (Å²) in [5.41, 5.74) is 3.24. The topological polar surface area (TPSA) is 41.6 Å². The van der Waals surface area contributed by atoms with Crippen LogP contribution in [0.15, 0.2) is 18.2 Å². The number of aromatic nitrogens is 2. The zero-order chi connectivity index (χ0) is 11.0. The summed E-state index contributed by atoms with van der Waals surface area (Å²) in [5, 5.41) is 8.89. The maximum atomic E-state index is 8.89. The van der Waals surface area contributed by atoms with E-state index < -0.39 is 0 Å². The number of benzene rings is 1. The Labute approximate surface area is 89.0 Å². The molecule has 0 spiro atoms. The molecular formula is C12H13N3. The van der Waals surface area contributed by atoms with Gasteiger partial charge in [0.15, 0.2) is 0 Å². The Hall–Kier alpha value is -1.82. The fourth-order valence-electron chi connectivity index (χ4n) is 1.77. The van der Waals surface area contributed by atoms with Crippen LogP contribution >= 0.6 is 0 Å². The number of hydrogen-bond donors (Lipinski definition) is 0. The van der Waals surface area contributed by atoms with Crippen molar-refractivity contribution in [2.45, 2.75) is 19.8 Å². The van der Waals surface area contributed by atoms with Crippen LogP contribution < -0.4 is 0 Å². The van der Waals surface area contributed by atoms with Crippen molar-refractivity contribution in [2.24, 2.45) is 7.05 Å². The Morgan fingerprint density at radius 2 is 2.20 bits per heavy atom. The van der Waals surface area contributed by atoms with Crippen LogP contribution in [0.1, 0.15) is 24.2 Å². The van der Waals surface area contributed by atoms with Crippen molar-refractivity contribution in [3.05, 3.63) is 29.6 Å². The fraction of sp³-hybridized carbons (Fsp3) is 0.333. The molecule has 1 unspecified atom stereocenters. The van der Waals surface area contributed by atoms with Gasteiger partial charge < -0.3 is 4.57 Å². The molecule has 1 heterocycles. The van der Waals surface area contributed by atoms with E-state index in [1.54, 1.807) is 0 Å². The molecule has 3 nitrogen and oxygen atoms in total. The van der Waals surface area contributed by atoms with Crippen LogP contribution in [0.4, 0.5) is 0 Å². The zero-order valence-corrected chi connectivity index (χ0v) is 9.15. The van der Waals surface area contributed by atoms with Crippen molar-refractivity contribution in [1.82, 2.24) is 9.55 Å². The number of imidazole rings is 1. The van der Waals surface area contributed by atoms with E-state index in [2.05, 4.69) is 17.1 Å². The molecule has 0 saturated heterocycles. The lowest BCUT2D eigenvalue weighted by Crippen LogP contribution is -2.00. The Bertz CT molecular complexity index is 546. The van der Waals surface area contributed by atoms with Gasteiger partial charge >= 0.3 is 0 Å². The minimum absolute atomic E-state index is 0.164. The number of nitrogens with zero attached hydrogens (tertiary/aromatic N) is 3. The molecule has 0 aliphatic rings. The maximum Gasteiger partial charge on any atom is 0.126 e. The van der Waals surface area contributed by atoms with Crippen molar-refractivity contribution in [3.63, 3.8) is 0 Å². The lowest BCUT2D eigenvalue weighted by atomic mass is 10.2. The average Bonchev–Trinajstić information content (AvgIpc) is 2.54. The first kappa shape index (κ1) is 9.72. The van der Waals surface area contributed by atoms with Gasteiger partial charge in [0.1, 0.15) is 11.7 Å². The predicted octanol–water partition coefficient (Wildman–Crippen LogP) is 2.51. The first-order valence-corrected chi connectivity index (χ1v) is 4.96. The van der Waals surface area contributed by atoms with Gasteiger partial charge in [-0.05, 0) is 31.5 Å².